The van der Waals surface area contributed by atoms with E-state index in [0.29, 0.717) is 5.54 Å². The molecule has 0 saturated carbocycles. The van der Waals surface area contributed by atoms with E-state index in [9.17, 15) is 5.11 Å². The summed E-state index contributed by atoms with van der Waals surface area (Å²) in [4.78, 5) is 0. The van der Waals surface area contributed by atoms with Gasteiger partial charge >= 0.3 is 0 Å². The molecule has 16 heavy (non-hydrogen) atoms. The number of hydrogen-bond donors (Lipinski definition) is 2. The lowest BCUT2D eigenvalue weighted by Gasteiger charge is -2.32. The summed E-state index contributed by atoms with van der Waals surface area (Å²) in [6.07, 6.45) is 4.03. The Hall–Kier alpha value is -0.123. The van der Waals surface area contributed by atoms with Gasteiger partial charge in [-0.2, -0.15) is 0 Å². The molecule has 0 aliphatic rings. The zero-order valence-electron chi connectivity index (χ0n) is 11.3. The van der Waals surface area contributed by atoms with Gasteiger partial charge in [0.15, 0.2) is 0 Å². The lowest BCUT2D eigenvalue weighted by Crippen LogP contribution is -2.33. The highest BCUT2D eigenvalue weighted by atomic mass is 28.3. The molecule has 0 saturated heterocycles. The van der Waals surface area contributed by atoms with Gasteiger partial charge in [-0.05, 0) is 17.5 Å². The van der Waals surface area contributed by atoms with Crippen molar-refractivity contribution in [2.24, 2.45) is 0 Å². The number of aliphatic hydroxyl groups excluding tert-OH is 2. The first-order valence-electron chi connectivity index (χ1n) is 6.32. The molecule has 0 fully saturated rings. The Morgan fingerprint density at radius 2 is 1.81 bits per heavy atom. The van der Waals surface area contributed by atoms with Crippen molar-refractivity contribution in [3.05, 3.63) is 12.2 Å². The first-order chi connectivity index (χ1) is 7.34. The van der Waals surface area contributed by atoms with Gasteiger partial charge in [-0.1, -0.05) is 52.4 Å². The topological polar surface area (TPSA) is 40.5 Å². The summed E-state index contributed by atoms with van der Waals surface area (Å²) in [5.74, 6) is 0. The van der Waals surface area contributed by atoms with Crippen molar-refractivity contribution in [3.8, 4) is 0 Å². The van der Waals surface area contributed by atoms with E-state index in [1.807, 2.05) is 0 Å². The van der Waals surface area contributed by atoms with Crippen LogP contribution < -0.4 is 0 Å². The molecule has 3 heteroatoms. The quantitative estimate of drug-likeness (QED) is 0.391. The smallest absolute Gasteiger partial charge is 0.0978 e. The fourth-order valence-corrected chi connectivity index (χ4v) is 4.50. The molecule has 0 aliphatic heterocycles. The van der Waals surface area contributed by atoms with Crippen LogP contribution in [0.4, 0.5) is 0 Å². The van der Waals surface area contributed by atoms with Crippen LogP contribution >= 0.6 is 0 Å². The molecule has 0 rings (SSSR count). The van der Waals surface area contributed by atoms with Crippen LogP contribution in [-0.2, 0) is 0 Å². The highest BCUT2D eigenvalue weighted by molar-refractivity contribution is 6.78. The van der Waals surface area contributed by atoms with Gasteiger partial charge in [0.1, 0.15) is 0 Å². The van der Waals surface area contributed by atoms with Crippen LogP contribution in [0.3, 0.4) is 0 Å². The minimum atomic E-state index is -1.35. The third-order valence-electron chi connectivity index (χ3n) is 3.19. The van der Waals surface area contributed by atoms with Crippen LogP contribution in [0, 0.1) is 0 Å². The monoisotopic (exact) mass is 244 g/mol. The van der Waals surface area contributed by atoms with E-state index in [4.69, 9.17) is 5.11 Å². The summed E-state index contributed by atoms with van der Waals surface area (Å²) in [6, 6.07) is 0. The highest BCUT2D eigenvalue weighted by Gasteiger charge is 2.30. The van der Waals surface area contributed by atoms with E-state index in [2.05, 4.69) is 33.1 Å². The van der Waals surface area contributed by atoms with E-state index in [-0.39, 0.29) is 6.61 Å². The SMILES string of the molecule is C=C(C(O)CO)C(CCCCC)[Si](C)(C)C. The van der Waals surface area contributed by atoms with Crippen molar-refractivity contribution in [1.29, 1.82) is 0 Å². The Bertz CT molecular complexity index is 208. The lowest BCUT2D eigenvalue weighted by atomic mass is 10.0. The maximum absolute atomic E-state index is 9.69. The zero-order valence-corrected chi connectivity index (χ0v) is 12.3. The van der Waals surface area contributed by atoms with E-state index in [0.717, 1.165) is 12.0 Å². The van der Waals surface area contributed by atoms with Gasteiger partial charge in [0.05, 0.1) is 20.8 Å². The second-order valence-electron chi connectivity index (χ2n) is 5.69. The van der Waals surface area contributed by atoms with E-state index in [1.54, 1.807) is 0 Å². The van der Waals surface area contributed by atoms with Gasteiger partial charge in [-0.3, -0.25) is 0 Å². The molecule has 0 aromatic heterocycles. The number of rotatable bonds is 8. The molecule has 0 radical (unpaired) electrons. The molecule has 2 atom stereocenters. The molecule has 0 aliphatic carbocycles. The number of aliphatic hydroxyl groups is 2. The average Bonchev–Trinajstić information content (AvgIpc) is 2.20. The van der Waals surface area contributed by atoms with Gasteiger partial charge < -0.3 is 10.2 Å². The number of hydrogen-bond acceptors (Lipinski definition) is 2. The molecule has 96 valence electrons. The third kappa shape index (κ3) is 5.28. The van der Waals surface area contributed by atoms with Crippen LogP contribution in [0.25, 0.3) is 0 Å². The summed E-state index contributed by atoms with van der Waals surface area (Å²) >= 11 is 0. The Kier molecular flexibility index (Phi) is 7.20. The van der Waals surface area contributed by atoms with Gasteiger partial charge in [0.2, 0.25) is 0 Å². The molecule has 0 spiro atoms. The van der Waals surface area contributed by atoms with Crippen molar-refractivity contribution >= 4 is 8.07 Å². The first kappa shape index (κ1) is 15.9. The maximum Gasteiger partial charge on any atom is 0.0978 e. The molecule has 2 unspecified atom stereocenters. The fraction of sp³-hybridized carbons (Fsp3) is 0.846. The Morgan fingerprint density at radius 1 is 1.25 bits per heavy atom. The summed E-state index contributed by atoms with van der Waals surface area (Å²) in [7, 11) is -1.35. The second kappa shape index (κ2) is 7.25. The second-order valence-corrected chi connectivity index (χ2v) is 11.1. The van der Waals surface area contributed by atoms with Crippen LogP contribution in [0.2, 0.25) is 25.2 Å². The molecule has 2 nitrogen and oxygen atoms in total. The van der Waals surface area contributed by atoms with Gasteiger partial charge in [-0.25, -0.2) is 0 Å². The minimum absolute atomic E-state index is 0.201. The van der Waals surface area contributed by atoms with E-state index < -0.39 is 14.2 Å². The first-order valence-corrected chi connectivity index (χ1v) is 9.89. The Balaban J connectivity index is 4.49. The molecule has 0 heterocycles. The third-order valence-corrected chi connectivity index (χ3v) is 5.94. The Morgan fingerprint density at radius 3 is 2.19 bits per heavy atom. The van der Waals surface area contributed by atoms with Crippen LogP contribution in [0.15, 0.2) is 12.2 Å². The standard InChI is InChI=1S/C13H28O2Si/c1-6-7-8-9-13(16(3,4)5)11(2)12(15)10-14/h12-15H,2,6-10H2,1,3-5H3. The summed E-state index contributed by atoms with van der Waals surface area (Å²) in [6.45, 7) is 12.9. The van der Waals surface area contributed by atoms with Crippen molar-refractivity contribution in [1.82, 2.24) is 0 Å². The van der Waals surface area contributed by atoms with Crippen molar-refractivity contribution < 1.29 is 10.2 Å². The molecule has 0 bridgehead atoms. The lowest BCUT2D eigenvalue weighted by molar-refractivity contribution is 0.119. The van der Waals surface area contributed by atoms with Gasteiger partial charge in [0, 0.05) is 0 Å². The Labute approximate surface area is 101 Å². The molecular weight excluding hydrogens is 216 g/mol. The maximum atomic E-state index is 9.69. The molecule has 0 aromatic carbocycles. The highest BCUT2D eigenvalue weighted by Crippen LogP contribution is 2.35. The van der Waals surface area contributed by atoms with Crippen LogP contribution in [0.1, 0.15) is 32.6 Å². The molecule has 0 amide bonds. The fourth-order valence-electron chi connectivity index (χ4n) is 2.12. The van der Waals surface area contributed by atoms with E-state index in [1.165, 1.54) is 19.3 Å². The van der Waals surface area contributed by atoms with Crippen LogP contribution in [0.5, 0.6) is 0 Å². The van der Waals surface area contributed by atoms with Crippen LogP contribution in [-0.4, -0.2) is 31.0 Å². The predicted octanol–water partition coefficient (Wildman–Crippen LogP) is 3.18. The van der Waals surface area contributed by atoms with Crippen molar-refractivity contribution in [2.75, 3.05) is 6.61 Å². The molecular formula is C13H28O2Si. The molecule has 0 aromatic rings. The van der Waals surface area contributed by atoms with Crippen molar-refractivity contribution in [3.63, 3.8) is 0 Å². The summed E-state index contributed by atoms with van der Waals surface area (Å²) < 4.78 is 0. The molecule has 2 N–H and O–H groups in total. The largest absolute Gasteiger partial charge is 0.393 e. The predicted molar refractivity (Wildman–Crippen MR) is 73.5 cm³/mol. The summed E-state index contributed by atoms with van der Waals surface area (Å²) in [5, 5.41) is 18.7. The number of unbranched alkanes of at least 4 members (excludes halogenated alkanes) is 2. The zero-order chi connectivity index (χ0) is 12.8. The normalized spacial score (nSPS) is 15.9. The van der Waals surface area contributed by atoms with Crippen molar-refractivity contribution in [2.45, 2.75) is 63.9 Å². The minimum Gasteiger partial charge on any atom is -0.393 e. The van der Waals surface area contributed by atoms with E-state index >= 15 is 0 Å². The summed E-state index contributed by atoms with van der Waals surface area (Å²) in [5.41, 5.74) is 1.26. The average molecular weight is 244 g/mol. The van der Waals surface area contributed by atoms with Gasteiger partial charge in [-0.15, -0.1) is 0 Å². The van der Waals surface area contributed by atoms with Gasteiger partial charge in [0.25, 0.3) is 0 Å².